The van der Waals surface area contributed by atoms with Gasteiger partial charge in [0.15, 0.2) is 15.6 Å². The monoisotopic (exact) mass is 358 g/mol. The molecule has 1 heterocycles. The van der Waals surface area contributed by atoms with Gasteiger partial charge in [0.25, 0.3) is 0 Å². The second kappa shape index (κ2) is 6.52. The van der Waals surface area contributed by atoms with Crippen LogP contribution in [0.3, 0.4) is 0 Å². The van der Waals surface area contributed by atoms with E-state index in [0.29, 0.717) is 16.7 Å². The number of ketones is 1. The van der Waals surface area contributed by atoms with Crippen molar-refractivity contribution >= 4 is 26.6 Å². The number of para-hydroxylation sites is 1. The van der Waals surface area contributed by atoms with E-state index in [1.807, 2.05) is 0 Å². The second-order valence-electron chi connectivity index (χ2n) is 5.34. The van der Waals surface area contributed by atoms with Gasteiger partial charge >= 0.3 is 5.63 Å². The van der Waals surface area contributed by atoms with Crippen LogP contribution in [0.25, 0.3) is 11.0 Å². The number of rotatable bonds is 5. The quantitative estimate of drug-likeness (QED) is 0.514. The number of fused-ring (bicyclic) bond motifs is 1. The molecule has 0 bridgehead atoms. The van der Waals surface area contributed by atoms with E-state index >= 15 is 0 Å². The van der Waals surface area contributed by atoms with Gasteiger partial charge < -0.3 is 9.15 Å². The Balaban J connectivity index is 1.93. The van der Waals surface area contributed by atoms with Crippen LogP contribution in [0.5, 0.6) is 5.75 Å². The Bertz CT molecular complexity index is 1090. The topological polar surface area (TPSA) is 90.7 Å². The van der Waals surface area contributed by atoms with Gasteiger partial charge in [0.2, 0.25) is 0 Å². The third-order valence-electron chi connectivity index (χ3n) is 3.68. The Morgan fingerprint density at radius 3 is 2.44 bits per heavy atom. The van der Waals surface area contributed by atoms with Gasteiger partial charge in [-0.3, -0.25) is 4.79 Å². The number of hydrogen-bond donors (Lipinski definition) is 0. The molecule has 6 nitrogen and oxygen atoms in total. The van der Waals surface area contributed by atoms with Crippen LogP contribution in [0.1, 0.15) is 10.4 Å². The van der Waals surface area contributed by atoms with Crippen LogP contribution in [-0.4, -0.2) is 27.1 Å². The summed E-state index contributed by atoms with van der Waals surface area (Å²) in [5.41, 5.74) is -0.800. The van der Waals surface area contributed by atoms with E-state index in [0.717, 1.165) is 0 Å². The lowest BCUT2D eigenvalue weighted by atomic mass is 10.1. The highest BCUT2D eigenvalue weighted by Crippen LogP contribution is 2.18. The molecule has 0 amide bonds. The highest BCUT2D eigenvalue weighted by molar-refractivity contribution is 7.92. The molecule has 0 aliphatic carbocycles. The zero-order valence-corrected chi connectivity index (χ0v) is 14.1. The lowest BCUT2D eigenvalue weighted by Gasteiger charge is -2.05. The maximum Gasteiger partial charge on any atom is 0.347 e. The van der Waals surface area contributed by atoms with E-state index in [4.69, 9.17) is 9.15 Å². The largest absolute Gasteiger partial charge is 0.497 e. The molecule has 25 heavy (non-hydrogen) atoms. The molecule has 3 aromatic rings. The van der Waals surface area contributed by atoms with E-state index in [1.165, 1.54) is 37.4 Å². The molecular formula is C18H14O6S. The van der Waals surface area contributed by atoms with Gasteiger partial charge in [-0.1, -0.05) is 18.2 Å². The van der Waals surface area contributed by atoms with Gasteiger partial charge in [0.1, 0.15) is 22.6 Å². The normalized spacial score (nSPS) is 11.4. The molecule has 2 aromatic carbocycles. The predicted octanol–water partition coefficient (Wildman–Crippen LogP) is 2.46. The average Bonchev–Trinajstić information content (AvgIpc) is 2.60. The lowest BCUT2D eigenvalue weighted by Crippen LogP contribution is -2.22. The fraction of sp³-hybridized carbons (Fsp3) is 0.111. The van der Waals surface area contributed by atoms with Crippen molar-refractivity contribution in [1.29, 1.82) is 0 Å². The Hall–Kier alpha value is -2.93. The molecule has 0 unspecified atom stereocenters. The lowest BCUT2D eigenvalue weighted by molar-refractivity contribution is 0.101. The van der Waals surface area contributed by atoms with E-state index in [9.17, 15) is 18.0 Å². The van der Waals surface area contributed by atoms with Gasteiger partial charge in [0.05, 0.1) is 12.0 Å². The first-order chi connectivity index (χ1) is 11.9. The van der Waals surface area contributed by atoms with E-state index < -0.39 is 27.0 Å². The van der Waals surface area contributed by atoms with Crippen molar-refractivity contribution in [3.63, 3.8) is 0 Å². The van der Waals surface area contributed by atoms with Crippen molar-refractivity contribution in [1.82, 2.24) is 0 Å². The van der Waals surface area contributed by atoms with Crippen molar-refractivity contribution in [2.24, 2.45) is 0 Å². The van der Waals surface area contributed by atoms with Crippen molar-refractivity contribution < 1.29 is 22.4 Å². The molecular weight excluding hydrogens is 344 g/mol. The highest BCUT2D eigenvalue weighted by Gasteiger charge is 2.23. The third kappa shape index (κ3) is 3.46. The molecule has 128 valence electrons. The van der Waals surface area contributed by atoms with Crippen LogP contribution in [-0.2, 0) is 9.84 Å². The Morgan fingerprint density at radius 2 is 1.76 bits per heavy atom. The first-order valence-electron chi connectivity index (χ1n) is 7.33. The molecule has 0 aliphatic heterocycles. The molecule has 0 aliphatic rings. The number of ether oxygens (including phenoxy) is 1. The first-order valence-corrected chi connectivity index (χ1v) is 8.99. The van der Waals surface area contributed by atoms with Gasteiger partial charge in [-0.25, -0.2) is 13.2 Å². The molecule has 0 radical (unpaired) electrons. The van der Waals surface area contributed by atoms with Gasteiger partial charge in [-0.2, -0.15) is 0 Å². The summed E-state index contributed by atoms with van der Waals surface area (Å²) in [4.78, 5) is 24.3. The fourth-order valence-electron chi connectivity index (χ4n) is 2.37. The Morgan fingerprint density at radius 1 is 1.08 bits per heavy atom. The summed E-state index contributed by atoms with van der Waals surface area (Å²) >= 11 is 0. The molecule has 0 saturated heterocycles. The van der Waals surface area contributed by atoms with Crippen molar-refractivity contribution in [3.05, 3.63) is 70.6 Å². The number of methoxy groups -OCH3 is 1. The van der Waals surface area contributed by atoms with Crippen LogP contribution in [0.4, 0.5) is 0 Å². The minimum atomic E-state index is -3.89. The number of carbonyl (C=O) groups is 1. The zero-order chi connectivity index (χ0) is 18.0. The summed E-state index contributed by atoms with van der Waals surface area (Å²) < 4.78 is 34.8. The number of Topliss-reactive ketones (excluding diaryl/α,β-unsaturated/α-hetero) is 1. The fourth-order valence-corrected chi connectivity index (χ4v) is 3.59. The van der Waals surface area contributed by atoms with Crippen molar-refractivity contribution in [2.45, 2.75) is 4.90 Å². The zero-order valence-electron chi connectivity index (χ0n) is 13.3. The van der Waals surface area contributed by atoms with Crippen LogP contribution >= 0.6 is 0 Å². The molecule has 0 fully saturated rings. The maximum absolute atomic E-state index is 12.4. The van der Waals surface area contributed by atoms with E-state index in [-0.39, 0.29) is 10.5 Å². The number of sulfone groups is 1. The summed E-state index contributed by atoms with van der Waals surface area (Å²) in [6.45, 7) is 0. The molecule has 0 saturated carbocycles. The van der Waals surface area contributed by atoms with E-state index in [1.54, 1.807) is 24.3 Å². The minimum absolute atomic E-state index is 0.0215. The van der Waals surface area contributed by atoms with Gasteiger partial charge in [0, 0.05) is 5.39 Å². The van der Waals surface area contributed by atoms with Crippen molar-refractivity contribution in [2.75, 3.05) is 12.9 Å². The van der Waals surface area contributed by atoms with E-state index in [2.05, 4.69) is 0 Å². The maximum atomic E-state index is 12.4. The Kier molecular flexibility index (Phi) is 4.41. The summed E-state index contributed by atoms with van der Waals surface area (Å²) in [6.07, 6.45) is 0. The second-order valence-corrected chi connectivity index (χ2v) is 7.33. The number of hydrogen-bond acceptors (Lipinski definition) is 6. The molecule has 0 N–H and O–H groups in total. The number of carbonyl (C=O) groups excluding carboxylic acids is 1. The summed E-state index contributed by atoms with van der Waals surface area (Å²) in [7, 11) is -2.42. The molecule has 3 rings (SSSR count). The highest BCUT2D eigenvalue weighted by atomic mass is 32.2. The van der Waals surface area contributed by atoms with Gasteiger partial charge in [-0.15, -0.1) is 0 Å². The number of benzene rings is 2. The van der Waals surface area contributed by atoms with Crippen LogP contribution in [0.2, 0.25) is 0 Å². The summed E-state index contributed by atoms with van der Waals surface area (Å²) in [5, 5.41) is 0.548. The predicted molar refractivity (Wildman–Crippen MR) is 91.9 cm³/mol. The molecule has 7 heteroatoms. The van der Waals surface area contributed by atoms with Crippen LogP contribution < -0.4 is 10.4 Å². The smallest absolute Gasteiger partial charge is 0.347 e. The van der Waals surface area contributed by atoms with Crippen LogP contribution in [0, 0.1) is 0 Å². The van der Waals surface area contributed by atoms with Crippen molar-refractivity contribution in [3.8, 4) is 5.75 Å². The molecule has 0 atom stereocenters. The standard InChI is InChI=1S/C18H14O6S/c1-23-13-6-8-14(9-7-13)25(21,22)11-16(19)15-10-12-4-2-3-5-17(12)24-18(15)20/h2-10H,11H2,1H3. The third-order valence-corrected chi connectivity index (χ3v) is 5.31. The van der Waals surface area contributed by atoms with Gasteiger partial charge in [-0.05, 0) is 36.4 Å². The Labute approximate surface area is 143 Å². The summed E-state index contributed by atoms with van der Waals surface area (Å²) in [5.74, 6) is -1.13. The average molecular weight is 358 g/mol. The molecule has 0 spiro atoms. The first kappa shape index (κ1) is 16.9. The van der Waals surface area contributed by atoms with Crippen LogP contribution in [0.15, 0.2) is 68.7 Å². The minimum Gasteiger partial charge on any atom is -0.497 e. The summed E-state index contributed by atoms with van der Waals surface area (Å²) in [6, 6.07) is 13.7. The molecule has 1 aromatic heterocycles. The SMILES string of the molecule is COc1ccc(S(=O)(=O)CC(=O)c2cc3ccccc3oc2=O)cc1.